The zero-order valence-electron chi connectivity index (χ0n) is 12.3. The van der Waals surface area contributed by atoms with E-state index in [1.54, 1.807) is 0 Å². The average molecular weight is 358 g/mol. The van der Waals surface area contributed by atoms with Crippen molar-refractivity contribution >= 4 is 11.6 Å². The van der Waals surface area contributed by atoms with Crippen LogP contribution in [0.15, 0.2) is 0 Å². The van der Waals surface area contributed by atoms with Crippen LogP contribution in [0.4, 0.5) is 0 Å². The predicted molar refractivity (Wildman–Crippen MR) is 72.2 cm³/mol. The second-order valence-electron chi connectivity index (χ2n) is 5.08. The molecule has 12 nitrogen and oxygen atoms in total. The number of carbonyl (C=O) groups excluding carboxylic acids is 2. The summed E-state index contributed by atoms with van der Waals surface area (Å²) >= 11 is 0. The van der Waals surface area contributed by atoms with Gasteiger partial charge in [0.05, 0.1) is 13.2 Å². The van der Waals surface area contributed by atoms with Gasteiger partial charge >= 0.3 is 0 Å². The molecule has 0 aromatic heterocycles. The van der Waals surface area contributed by atoms with Crippen LogP contribution in [-0.2, 0) is 9.59 Å². The largest absolute Gasteiger partial charge is 0.394 e. The van der Waals surface area contributed by atoms with Gasteiger partial charge in [0.25, 0.3) is 0 Å². The molecule has 0 amide bonds. The van der Waals surface area contributed by atoms with Crippen LogP contribution in [0.25, 0.3) is 0 Å². The summed E-state index contributed by atoms with van der Waals surface area (Å²) in [7, 11) is 0. The van der Waals surface area contributed by atoms with Crippen molar-refractivity contribution in [2.45, 2.75) is 48.8 Å². The van der Waals surface area contributed by atoms with Crippen LogP contribution < -0.4 is 0 Å². The predicted octanol–water partition coefficient (Wildman–Crippen LogP) is -7.00. The highest BCUT2D eigenvalue weighted by atomic mass is 16.4. The van der Waals surface area contributed by atoms with Crippen molar-refractivity contribution in [3.8, 4) is 0 Å². The molecule has 0 aliphatic rings. The molecule has 0 aliphatic carbocycles. The highest BCUT2D eigenvalue weighted by Crippen LogP contribution is 2.11. The third-order valence-electron chi connectivity index (χ3n) is 3.29. The summed E-state index contributed by atoms with van der Waals surface area (Å²) in [5.41, 5.74) is 0. The van der Waals surface area contributed by atoms with Gasteiger partial charge < -0.3 is 51.1 Å². The second kappa shape index (κ2) is 10.0. The highest BCUT2D eigenvalue weighted by Gasteiger charge is 2.42. The van der Waals surface area contributed by atoms with Crippen LogP contribution in [0.3, 0.4) is 0 Å². The Kier molecular flexibility index (Phi) is 9.61. The lowest BCUT2D eigenvalue weighted by Gasteiger charge is -2.27. The number of aliphatic hydroxyl groups excluding tert-OH is 10. The van der Waals surface area contributed by atoms with Crippen molar-refractivity contribution in [1.82, 2.24) is 0 Å². The van der Waals surface area contributed by atoms with Gasteiger partial charge in [0.2, 0.25) is 11.6 Å². The van der Waals surface area contributed by atoms with E-state index >= 15 is 0 Å². The molecule has 142 valence electrons. The van der Waals surface area contributed by atoms with Crippen LogP contribution in [0.2, 0.25) is 0 Å². The van der Waals surface area contributed by atoms with Gasteiger partial charge in [0.1, 0.15) is 48.8 Å². The first-order valence-electron chi connectivity index (χ1n) is 6.75. The molecule has 8 unspecified atom stereocenters. The summed E-state index contributed by atoms with van der Waals surface area (Å²) in [5.74, 6) is -3.74. The molecule has 0 radical (unpaired) electrons. The Bertz CT molecular complexity index is 377. The molecule has 0 heterocycles. The fourth-order valence-corrected chi connectivity index (χ4v) is 1.65. The van der Waals surface area contributed by atoms with Crippen molar-refractivity contribution in [3.63, 3.8) is 0 Å². The molecule has 8 atom stereocenters. The first-order chi connectivity index (χ1) is 11.0. The fraction of sp³-hybridized carbons (Fsp3) is 0.833. The minimum absolute atomic E-state index is 1.03. The third-order valence-corrected chi connectivity index (χ3v) is 3.29. The van der Waals surface area contributed by atoms with Crippen LogP contribution in [0, 0.1) is 0 Å². The molecule has 0 aromatic rings. The number of aliphatic hydroxyl groups is 10. The summed E-state index contributed by atoms with van der Waals surface area (Å²) in [4.78, 5) is 23.3. The van der Waals surface area contributed by atoms with E-state index < -0.39 is 73.6 Å². The molecule has 0 bridgehead atoms. The molecule has 0 aliphatic heterocycles. The minimum Gasteiger partial charge on any atom is -0.394 e. The summed E-state index contributed by atoms with van der Waals surface area (Å²) in [5, 5.41) is 91.9. The van der Waals surface area contributed by atoms with Crippen LogP contribution >= 0.6 is 0 Å². The van der Waals surface area contributed by atoms with Gasteiger partial charge in [-0.2, -0.15) is 0 Å². The zero-order chi connectivity index (χ0) is 19.2. The molecule has 0 saturated heterocycles. The maximum atomic E-state index is 11.6. The molecule has 12 heteroatoms. The van der Waals surface area contributed by atoms with Gasteiger partial charge in [-0.15, -0.1) is 0 Å². The molecule has 0 fully saturated rings. The monoisotopic (exact) mass is 358 g/mol. The van der Waals surface area contributed by atoms with E-state index in [0.717, 1.165) is 0 Å². The standard InChI is InChI=1S/C12H22O12/c13-1-3(15)5(17)7(19)9(21)11(23)12(24)10(22)8(20)6(18)4(16)2-14/h3-10,13-22H,1-2H2. The first kappa shape index (κ1) is 22.9. The average Bonchev–Trinajstić information content (AvgIpc) is 2.61. The second-order valence-corrected chi connectivity index (χ2v) is 5.08. The van der Waals surface area contributed by atoms with E-state index in [2.05, 4.69) is 0 Å². The fourth-order valence-electron chi connectivity index (χ4n) is 1.65. The van der Waals surface area contributed by atoms with Gasteiger partial charge in [-0.25, -0.2) is 0 Å². The number of hydrogen-bond donors (Lipinski definition) is 10. The normalized spacial score (nSPS) is 21.9. The van der Waals surface area contributed by atoms with Crippen molar-refractivity contribution in [3.05, 3.63) is 0 Å². The van der Waals surface area contributed by atoms with E-state index in [1.165, 1.54) is 0 Å². The molecule has 0 saturated carbocycles. The maximum absolute atomic E-state index is 11.6. The summed E-state index contributed by atoms with van der Waals surface area (Å²) < 4.78 is 0. The Balaban J connectivity index is 4.99. The van der Waals surface area contributed by atoms with Gasteiger partial charge in [-0.1, -0.05) is 0 Å². The number of rotatable bonds is 11. The maximum Gasteiger partial charge on any atom is 0.232 e. The SMILES string of the molecule is O=C(C(=O)C(O)C(O)C(O)C(O)CO)C(O)C(O)C(O)C(O)CO. The van der Waals surface area contributed by atoms with E-state index in [-0.39, 0.29) is 0 Å². The number of carbonyl (C=O) groups is 2. The third kappa shape index (κ3) is 5.49. The molecule has 24 heavy (non-hydrogen) atoms. The van der Waals surface area contributed by atoms with E-state index in [0.29, 0.717) is 0 Å². The van der Waals surface area contributed by atoms with Crippen molar-refractivity contribution in [1.29, 1.82) is 0 Å². The van der Waals surface area contributed by atoms with Crippen LogP contribution in [0.1, 0.15) is 0 Å². The Morgan fingerprint density at radius 3 is 1.00 bits per heavy atom. The minimum atomic E-state index is -2.62. The van der Waals surface area contributed by atoms with Gasteiger partial charge in [0, 0.05) is 0 Å². The zero-order valence-corrected chi connectivity index (χ0v) is 12.3. The molecule has 0 aromatic carbocycles. The Hall–Kier alpha value is -1.06. The summed E-state index contributed by atoms with van der Waals surface area (Å²) in [6.07, 6.45) is -18.3. The van der Waals surface area contributed by atoms with E-state index in [9.17, 15) is 40.2 Å². The molecular weight excluding hydrogens is 336 g/mol. The van der Waals surface area contributed by atoms with Crippen molar-refractivity contribution in [2.24, 2.45) is 0 Å². The van der Waals surface area contributed by atoms with Gasteiger partial charge in [0.15, 0.2) is 0 Å². The van der Waals surface area contributed by atoms with Crippen molar-refractivity contribution < 1.29 is 60.7 Å². The molecule has 10 N–H and O–H groups in total. The van der Waals surface area contributed by atoms with Gasteiger partial charge in [-0.3, -0.25) is 9.59 Å². The number of ketones is 2. The first-order valence-corrected chi connectivity index (χ1v) is 6.75. The Morgan fingerprint density at radius 2 is 0.792 bits per heavy atom. The smallest absolute Gasteiger partial charge is 0.232 e. The number of hydrogen-bond acceptors (Lipinski definition) is 12. The van der Waals surface area contributed by atoms with Crippen molar-refractivity contribution in [2.75, 3.05) is 13.2 Å². The summed E-state index contributed by atoms with van der Waals surface area (Å²) in [6.45, 7) is -2.06. The topological polar surface area (TPSA) is 236 Å². The highest BCUT2D eigenvalue weighted by molar-refractivity contribution is 6.40. The quantitative estimate of drug-likeness (QED) is 0.155. The lowest BCUT2D eigenvalue weighted by atomic mass is 9.93. The lowest BCUT2D eigenvalue weighted by Crippen LogP contribution is -2.55. The lowest BCUT2D eigenvalue weighted by molar-refractivity contribution is -0.164. The molecular formula is C12H22O12. The van der Waals surface area contributed by atoms with E-state index in [4.69, 9.17) is 20.4 Å². The van der Waals surface area contributed by atoms with Crippen LogP contribution in [-0.4, -0.2) is 125 Å². The Labute approximate surface area is 135 Å². The molecule has 0 spiro atoms. The summed E-state index contributed by atoms with van der Waals surface area (Å²) in [6, 6.07) is 0. The Morgan fingerprint density at radius 1 is 0.542 bits per heavy atom. The van der Waals surface area contributed by atoms with Crippen LogP contribution in [0.5, 0.6) is 0 Å². The molecule has 0 rings (SSSR count). The van der Waals surface area contributed by atoms with E-state index in [1.807, 2.05) is 0 Å². The van der Waals surface area contributed by atoms with Gasteiger partial charge in [-0.05, 0) is 0 Å². The number of Topliss-reactive ketones (excluding diaryl/α,β-unsaturated/α-hetero) is 2.